The Morgan fingerprint density at radius 2 is 1.90 bits per heavy atom. The predicted molar refractivity (Wildman–Crippen MR) is 84.1 cm³/mol. The molecular weight excluding hydrogens is 359 g/mol. The zero-order chi connectivity index (χ0) is 15.5. The van der Waals surface area contributed by atoms with Crippen LogP contribution in [0.2, 0.25) is 0 Å². The van der Waals surface area contributed by atoms with Gasteiger partial charge in [0.2, 0.25) is 0 Å². The first-order valence-corrected chi connectivity index (χ1v) is 8.42. The van der Waals surface area contributed by atoms with E-state index in [1.807, 2.05) is 0 Å². The molecule has 2 aromatic carbocycles. The second-order valence-corrected chi connectivity index (χ2v) is 6.89. The molecule has 0 amide bonds. The van der Waals surface area contributed by atoms with E-state index in [1.165, 1.54) is 6.07 Å². The summed E-state index contributed by atoms with van der Waals surface area (Å²) in [6.45, 7) is 0.456. The summed E-state index contributed by atoms with van der Waals surface area (Å²) in [7, 11) is -2.26. The van der Waals surface area contributed by atoms with Crippen molar-refractivity contribution in [2.45, 2.75) is 11.4 Å². The number of anilines is 1. The number of halogens is 2. The fourth-order valence-corrected chi connectivity index (χ4v) is 3.54. The largest absolute Gasteiger partial charge is 0.316 e. The Kier molecular flexibility index (Phi) is 4.97. The summed E-state index contributed by atoms with van der Waals surface area (Å²) in [5.74, 6) is -0.783. The molecule has 0 radical (unpaired) electrons. The van der Waals surface area contributed by atoms with Gasteiger partial charge in [-0.2, -0.15) is 0 Å². The standard InChI is InChI=1S/C14H14BrFN2O2S/c1-17-9-10-6-7-12(16)14(8-10)21(19,20)18-13-5-3-2-4-11(13)15/h2-8,17-18H,9H2,1H3. The molecule has 0 atom stereocenters. The summed E-state index contributed by atoms with van der Waals surface area (Å²) in [6, 6.07) is 10.8. The minimum atomic E-state index is -3.99. The van der Waals surface area contributed by atoms with Gasteiger partial charge in [-0.15, -0.1) is 0 Å². The van der Waals surface area contributed by atoms with Crippen molar-refractivity contribution >= 4 is 31.6 Å². The van der Waals surface area contributed by atoms with Gasteiger partial charge >= 0.3 is 0 Å². The normalized spacial score (nSPS) is 11.4. The third kappa shape index (κ3) is 3.81. The Bertz CT molecular complexity index is 750. The van der Waals surface area contributed by atoms with E-state index in [4.69, 9.17) is 0 Å². The lowest BCUT2D eigenvalue weighted by atomic mass is 10.2. The van der Waals surface area contributed by atoms with Crippen LogP contribution in [0.4, 0.5) is 10.1 Å². The predicted octanol–water partition coefficient (Wildman–Crippen LogP) is 3.11. The second-order valence-electron chi connectivity index (χ2n) is 4.38. The van der Waals surface area contributed by atoms with Crippen LogP contribution in [0.15, 0.2) is 51.8 Å². The summed E-state index contributed by atoms with van der Waals surface area (Å²) >= 11 is 3.25. The smallest absolute Gasteiger partial charge is 0.264 e. The maximum Gasteiger partial charge on any atom is 0.264 e. The van der Waals surface area contributed by atoms with Crippen molar-refractivity contribution in [3.63, 3.8) is 0 Å². The summed E-state index contributed by atoms with van der Waals surface area (Å²) in [5, 5.41) is 2.90. The lowest BCUT2D eigenvalue weighted by Gasteiger charge is -2.11. The zero-order valence-corrected chi connectivity index (χ0v) is 13.6. The van der Waals surface area contributed by atoms with Crippen LogP contribution in [-0.2, 0) is 16.6 Å². The van der Waals surface area contributed by atoms with Crippen LogP contribution in [0, 0.1) is 5.82 Å². The average Bonchev–Trinajstić information content (AvgIpc) is 2.43. The molecule has 0 heterocycles. The van der Waals surface area contributed by atoms with E-state index in [2.05, 4.69) is 26.0 Å². The Morgan fingerprint density at radius 3 is 2.57 bits per heavy atom. The van der Waals surface area contributed by atoms with Crippen molar-refractivity contribution in [1.29, 1.82) is 0 Å². The highest BCUT2D eigenvalue weighted by Crippen LogP contribution is 2.25. The van der Waals surface area contributed by atoms with Gasteiger partial charge in [-0.25, -0.2) is 12.8 Å². The van der Waals surface area contributed by atoms with E-state index >= 15 is 0 Å². The lowest BCUT2D eigenvalue weighted by Crippen LogP contribution is -2.16. The van der Waals surface area contributed by atoms with Gasteiger partial charge in [0.05, 0.1) is 5.69 Å². The van der Waals surface area contributed by atoms with E-state index < -0.39 is 15.8 Å². The van der Waals surface area contributed by atoms with E-state index in [1.54, 1.807) is 37.4 Å². The molecule has 0 aromatic heterocycles. The number of hydrogen-bond donors (Lipinski definition) is 2. The van der Waals surface area contributed by atoms with Crippen LogP contribution in [0.5, 0.6) is 0 Å². The molecule has 4 nitrogen and oxygen atoms in total. The van der Waals surface area contributed by atoms with E-state index in [-0.39, 0.29) is 4.90 Å². The zero-order valence-electron chi connectivity index (χ0n) is 11.2. The summed E-state index contributed by atoms with van der Waals surface area (Å²) in [4.78, 5) is -0.369. The Balaban J connectivity index is 2.40. The van der Waals surface area contributed by atoms with Crippen LogP contribution in [-0.4, -0.2) is 15.5 Å². The molecule has 0 aliphatic heterocycles. The van der Waals surface area contributed by atoms with Crippen LogP contribution in [0.1, 0.15) is 5.56 Å². The molecule has 2 N–H and O–H groups in total. The molecule has 0 bridgehead atoms. The molecular formula is C14H14BrFN2O2S. The third-order valence-electron chi connectivity index (χ3n) is 2.78. The highest BCUT2D eigenvalue weighted by atomic mass is 79.9. The van der Waals surface area contributed by atoms with Crippen LogP contribution < -0.4 is 10.0 Å². The summed E-state index contributed by atoms with van der Waals surface area (Å²) in [5.41, 5.74) is 1.04. The molecule has 0 unspecified atom stereocenters. The highest BCUT2D eigenvalue weighted by Gasteiger charge is 2.20. The average molecular weight is 373 g/mol. The van der Waals surface area contributed by atoms with Crippen molar-refractivity contribution in [2.75, 3.05) is 11.8 Å². The third-order valence-corrected chi connectivity index (χ3v) is 4.86. The number of sulfonamides is 1. The van der Waals surface area contributed by atoms with Crippen molar-refractivity contribution in [3.05, 3.63) is 58.3 Å². The Labute approximate surface area is 131 Å². The first-order chi connectivity index (χ1) is 9.94. The number of hydrogen-bond acceptors (Lipinski definition) is 3. The van der Waals surface area contributed by atoms with Gasteiger partial charge in [-0.05, 0) is 52.8 Å². The van der Waals surface area contributed by atoms with Gasteiger partial charge in [-0.1, -0.05) is 18.2 Å². The topological polar surface area (TPSA) is 58.2 Å². The second kappa shape index (κ2) is 6.55. The van der Waals surface area contributed by atoms with Gasteiger partial charge in [0.25, 0.3) is 10.0 Å². The molecule has 0 saturated carbocycles. The number of rotatable bonds is 5. The quantitative estimate of drug-likeness (QED) is 0.847. The van der Waals surface area contributed by atoms with Gasteiger partial charge in [-0.3, -0.25) is 4.72 Å². The van der Waals surface area contributed by atoms with Crippen LogP contribution in [0.3, 0.4) is 0 Å². The lowest BCUT2D eigenvalue weighted by molar-refractivity contribution is 0.569. The fraction of sp³-hybridized carbons (Fsp3) is 0.143. The molecule has 2 aromatic rings. The SMILES string of the molecule is CNCc1ccc(F)c(S(=O)(=O)Nc2ccccc2Br)c1. The summed E-state index contributed by atoms with van der Waals surface area (Å²) < 4.78 is 41.5. The fourth-order valence-electron chi connectivity index (χ4n) is 1.81. The Morgan fingerprint density at radius 1 is 1.19 bits per heavy atom. The molecule has 21 heavy (non-hydrogen) atoms. The molecule has 0 aliphatic rings. The van der Waals surface area contributed by atoms with Gasteiger partial charge < -0.3 is 5.32 Å². The first-order valence-electron chi connectivity index (χ1n) is 6.14. The van der Waals surface area contributed by atoms with E-state index in [0.29, 0.717) is 22.3 Å². The van der Waals surface area contributed by atoms with Gasteiger partial charge in [0.1, 0.15) is 10.7 Å². The van der Waals surface area contributed by atoms with E-state index in [0.717, 1.165) is 6.07 Å². The molecule has 0 aliphatic carbocycles. The number of nitrogens with one attached hydrogen (secondary N) is 2. The maximum absolute atomic E-state index is 13.9. The highest BCUT2D eigenvalue weighted by molar-refractivity contribution is 9.10. The molecule has 7 heteroatoms. The van der Waals surface area contributed by atoms with Crippen LogP contribution in [0.25, 0.3) is 0 Å². The van der Waals surface area contributed by atoms with E-state index in [9.17, 15) is 12.8 Å². The first kappa shape index (κ1) is 15.9. The van der Waals surface area contributed by atoms with Crippen molar-refractivity contribution < 1.29 is 12.8 Å². The number of para-hydroxylation sites is 1. The van der Waals surface area contributed by atoms with Gasteiger partial charge in [0.15, 0.2) is 0 Å². The molecule has 0 spiro atoms. The number of benzene rings is 2. The van der Waals surface area contributed by atoms with Crippen molar-refractivity contribution in [1.82, 2.24) is 5.32 Å². The monoisotopic (exact) mass is 372 g/mol. The minimum Gasteiger partial charge on any atom is -0.316 e. The van der Waals surface area contributed by atoms with Gasteiger partial charge in [0, 0.05) is 11.0 Å². The molecule has 0 fully saturated rings. The molecule has 0 saturated heterocycles. The molecule has 2 rings (SSSR count). The van der Waals surface area contributed by atoms with Crippen molar-refractivity contribution in [3.8, 4) is 0 Å². The Hall–Kier alpha value is -1.44. The van der Waals surface area contributed by atoms with Crippen molar-refractivity contribution in [2.24, 2.45) is 0 Å². The summed E-state index contributed by atoms with van der Waals surface area (Å²) in [6.07, 6.45) is 0. The minimum absolute atomic E-state index is 0.357. The maximum atomic E-state index is 13.9. The van der Waals surface area contributed by atoms with Crippen LogP contribution >= 0.6 is 15.9 Å². The molecule has 112 valence electrons.